The number of aliphatic hydroxyl groups is 1. The lowest BCUT2D eigenvalue weighted by Crippen LogP contribution is -2.48. The Kier molecular flexibility index (Phi) is 5.09. The van der Waals surface area contributed by atoms with Crippen LogP contribution in [-0.4, -0.2) is 41.1 Å². The third-order valence-corrected chi connectivity index (χ3v) is 5.98. The average molecular weight is 342 g/mol. The quantitative estimate of drug-likeness (QED) is 0.687. The molecule has 1 amide bonds. The highest BCUT2D eigenvalue weighted by molar-refractivity contribution is 5.78. The van der Waals surface area contributed by atoms with E-state index in [9.17, 15) is 9.90 Å². The number of rotatable bonds is 10. The second-order valence-electron chi connectivity index (χ2n) is 8.25. The molecule has 0 saturated heterocycles. The van der Waals surface area contributed by atoms with Gasteiger partial charge in [-0.05, 0) is 61.8 Å². The molecule has 136 valence electrons. The van der Waals surface area contributed by atoms with Gasteiger partial charge in [-0.15, -0.1) is 0 Å². The van der Waals surface area contributed by atoms with Crippen LogP contribution in [0.15, 0.2) is 30.3 Å². The van der Waals surface area contributed by atoms with Gasteiger partial charge in [0.05, 0.1) is 13.2 Å². The van der Waals surface area contributed by atoms with Crippen LogP contribution in [0.4, 0.5) is 0 Å². The first-order valence-electron chi connectivity index (χ1n) is 9.93. The Bertz CT molecular complexity index is 567. The molecule has 0 spiro atoms. The van der Waals surface area contributed by atoms with Gasteiger partial charge in [-0.1, -0.05) is 30.3 Å². The lowest BCUT2D eigenvalue weighted by molar-refractivity contribution is -0.124. The van der Waals surface area contributed by atoms with Crippen LogP contribution in [0.1, 0.15) is 44.1 Å². The monoisotopic (exact) mass is 342 g/mol. The van der Waals surface area contributed by atoms with Gasteiger partial charge < -0.3 is 10.4 Å². The van der Waals surface area contributed by atoms with E-state index < -0.39 is 0 Å². The van der Waals surface area contributed by atoms with Crippen molar-refractivity contribution >= 4 is 5.91 Å². The molecule has 3 saturated carbocycles. The summed E-state index contributed by atoms with van der Waals surface area (Å²) >= 11 is 0. The van der Waals surface area contributed by atoms with Gasteiger partial charge in [0, 0.05) is 18.6 Å². The molecular weight excluding hydrogens is 312 g/mol. The minimum absolute atomic E-state index is 0.103. The topological polar surface area (TPSA) is 52.6 Å². The molecule has 25 heavy (non-hydrogen) atoms. The van der Waals surface area contributed by atoms with Gasteiger partial charge in [0.25, 0.3) is 0 Å². The van der Waals surface area contributed by atoms with Gasteiger partial charge in [-0.3, -0.25) is 9.69 Å². The first-order chi connectivity index (χ1) is 12.2. The van der Waals surface area contributed by atoms with Crippen molar-refractivity contribution < 1.29 is 9.90 Å². The summed E-state index contributed by atoms with van der Waals surface area (Å²) in [6.45, 7) is 1.26. The Balaban J connectivity index is 1.40. The van der Waals surface area contributed by atoms with E-state index in [1.807, 2.05) is 18.2 Å². The van der Waals surface area contributed by atoms with Gasteiger partial charge in [0.15, 0.2) is 0 Å². The Morgan fingerprint density at radius 2 is 1.64 bits per heavy atom. The van der Waals surface area contributed by atoms with Crippen LogP contribution in [0.2, 0.25) is 0 Å². The highest BCUT2D eigenvalue weighted by Crippen LogP contribution is 2.44. The summed E-state index contributed by atoms with van der Waals surface area (Å²) in [5.74, 6) is 2.12. The summed E-state index contributed by atoms with van der Waals surface area (Å²) in [4.78, 5) is 14.9. The second kappa shape index (κ2) is 7.46. The fraction of sp³-hybridized carbons (Fsp3) is 0.667. The predicted molar refractivity (Wildman–Crippen MR) is 97.8 cm³/mol. The third-order valence-electron chi connectivity index (χ3n) is 5.98. The molecule has 1 aromatic carbocycles. The van der Waals surface area contributed by atoms with E-state index in [0.29, 0.717) is 18.5 Å². The zero-order valence-electron chi connectivity index (χ0n) is 14.9. The molecule has 4 nitrogen and oxygen atoms in total. The van der Waals surface area contributed by atoms with Gasteiger partial charge in [-0.2, -0.15) is 0 Å². The first kappa shape index (κ1) is 17.0. The molecular formula is C21H30N2O2. The predicted octanol–water partition coefficient (Wildman–Crippen LogP) is 2.56. The van der Waals surface area contributed by atoms with Gasteiger partial charge >= 0.3 is 0 Å². The maximum absolute atomic E-state index is 12.7. The second-order valence-corrected chi connectivity index (χ2v) is 8.25. The lowest BCUT2D eigenvalue weighted by atomic mass is 10.1. The number of nitrogens with one attached hydrogen (secondary N) is 1. The van der Waals surface area contributed by atoms with Crippen LogP contribution in [-0.2, 0) is 11.3 Å². The number of aliphatic hydroxyl groups excluding tert-OH is 1. The first-order valence-corrected chi connectivity index (χ1v) is 9.93. The summed E-state index contributed by atoms with van der Waals surface area (Å²) in [5.41, 5.74) is 1.20. The zero-order valence-corrected chi connectivity index (χ0v) is 14.9. The third kappa shape index (κ3) is 4.62. The average Bonchev–Trinajstić information content (AvgIpc) is 3.49. The highest BCUT2D eigenvalue weighted by Gasteiger charge is 2.42. The van der Waals surface area contributed by atoms with Crippen LogP contribution in [0.3, 0.4) is 0 Å². The highest BCUT2D eigenvalue weighted by atomic mass is 16.3. The molecule has 0 aliphatic heterocycles. The van der Waals surface area contributed by atoms with Crippen LogP contribution >= 0.6 is 0 Å². The fourth-order valence-electron chi connectivity index (χ4n) is 4.10. The molecule has 0 heterocycles. The summed E-state index contributed by atoms with van der Waals surface area (Å²) in [6, 6.07) is 10.8. The molecule has 0 bridgehead atoms. The number of hydrogen-bond acceptors (Lipinski definition) is 3. The van der Waals surface area contributed by atoms with Crippen molar-refractivity contribution in [3.05, 3.63) is 35.9 Å². The van der Waals surface area contributed by atoms with Crippen LogP contribution in [0.5, 0.6) is 0 Å². The molecule has 3 aliphatic rings. The van der Waals surface area contributed by atoms with Crippen molar-refractivity contribution in [2.75, 3.05) is 13.2 Å². The van der Waals surface area contributed by atoms with E-state index in [4.69, 9.17) is 0 Å². The summed E-state index contributed by atoms with van der Waals surface area (Å²) in [6.07, 6.45) is 7.44. The molecule has 4 heteroatoms. The van der Waals surface area contributed by atoms with Crippen molar-refractivity contribution in [2.24, 2.45) is 17.8 Å². The standard InChI is InChI=1S/C21H30N2O2/c24-14-19(16-6-7-16)23(12-15-4-2-1-3-5-15)13-20(25)22-21(17-8-9-17)18-10-11-18/h1-5,16-19,21,24H,6-14H2,(H,22,25). The minimum atomic E-state index is 0.103. The van der Waals surface area contributed by atoms with E-state index in [-0.39, 0.29) is 18.6 Å². The van der Waals surface area contributed by atoms with E-state index in [0.717, 1.165) is 18.4 Å². The lowest BCUT2D eigenvalue weighted by Gasteiger charge is -2.31. The number of carbonyl (C=O) groups excluding carboxylic acids is 1. The molecule has 4 rings (SSSR count). The molecule has 3 fully saturated rings. The molecule has 1 atom stereocenters. The maximum atomic E-state index is 12.7. The van der Waals surface area contributed by atoms with Gasteiger partial charge in [-0.25, -0.2) is 0 Å². The van der Waals surface area contributed by atoms with Gasteiger partial charge in [0.1, 0.15) is 0 Å². The number of nitrogens with zero attached hydrogens (tertiary/aromatic N) is 1. The number of benzene rings is 1. The van der Waals surface area contributed by atoms with Crippen molar-refractivity contribution in [1.29, 1.82) is 0 Å². The molecule has 1 aromatic rings. The van der Waals surface area contributed by atoms with Crippen LogP contribution in [0, 0.1) is 17.8 Å². The molecule has 2 N–H and O–H groups in total. The molecule has 1 unspecified atom stereocenters. The Hall–Kier alpha value is -1.39. The normalized spacial score (nSPS) is 21.6. The van der Waals surface area contributed by atoms with Gasteiger partial charge in [0.2, 0.25) is 5.91 Å². The molecule has 3 aliphatic carbocycles. The Morgan fingerprint density at radius 1 is 1.04 bits per heavy atom. The molecule has 0 radical (unpaired) electrons. The van der Waals surface area contributed by atoms with E-state index in [2.05, 4.69) is 22.3 Å². The largest absolute Gasteiger partial charge is 0.395 e. The van der Waals surface area contributed by atoms with Crippen LogP contribution in [0.25, 0.3) is 0 Å². The van der Waals surface area contributed by atoms with Crippen molar-refractivity contribution in [1.82, 2.24) is 10.2 Å². The van der Waals surface area contributed by atoms with E-state index >= 15 is 0 Å². The van der Waals surface area contributed by atoms with Crippen molar-refractivity contribution in [2.45, 2.75) is 57.2 Å². The summed E-state index contributed by atoms with van der Waals surface area (Å²) < 4.78 is 0. The van der Waals surface area contributed by atoms with E-state index in [1.165, 1.54) is 44.1 Å². The maximum Gasteiger partial charge on any atom is 0.234 e. The van der Waals surface area contributed by atoms with Crippen LogP contribution < -0.4 is 5.32 Å². The zero-order chi connectivity index (χ0) is 17.2. The van der Waals surface area contributed by atoms with Crippen molar-refractivity contribution in [3.63, 3.8) is 0 Å². The fourth-order valence-corrected chi connectivity index (χ4v) is 4.10. The SMILES string of the molecule is O=C(CN(Cc1ccccc1)C(CO)C1CC1)NC(C1CC1)C1CC1. The number of carbonyl (C=O) groups is 1. The minimum Gasteiger partial charge on any atom is -0.395 e. The van der Waals surface area contributed by atoms with E-state index in [1.54, 1.807) is 0 Å². The summed E-state index contributed by atoms with van der Waals surface area (Å²) in [7, 11) is 0. The molecule has 0 aromatic heterocycles. The number of hydrogen-bond donors (Lipinski definition) is 2. The Morgan fingerprint density at radius 3 is 2.16 bits per heavy atom. The Labute approximate surface area is 150 Å². The smallest absolute Gasteiger partial charge is 0.234 e. The summed E-state index contributed by atoms with van der Waals surface area (Å²) in [5, 5.41) is 13.2. The number of amides is 1. The van der Waals surface area contributed by atoms with Crippen molar-refractivity contribution in [3.8, 4) is 0 Å².